The number of nitrogens with zero attached hydrogens (tertiary/aromatic N) is 1. The summed E-state index contributed by atoms with van der Waals surface area (Å²) in [5.41, 5.74) is 5.24. The van der Waals surface area contributed by atoms with Gasteiger partial charge in [-0.15, -0.1) is 0 Å². The van der Waals surface area contributed by atoms with E-state index in [4.69, 9.17) is 10.5 Å². The van der Waals surface area contributed by atoms with Gasteiger partial charge in [-0.1, -0.05) is 0 Å². The third-order valence-corrected chi connectivity index (χ3v) is 2.09. The Balaban J connectivity index is 2.68. The van der Waals surface area contributed by atoms with E-state index < -0.39 is 16.9 Å². The summed E-state index contributed by atoms with van der Waals surface area (Å²) in [6, 6.07) is 3.47. The molecule has 1 rings (SSSR count). The molecule has 8 nitrogen and oxygen atoms in total. The van der Waals surface area contributed by atoms with Gasteiger partial charge in [0.1, 0.15) is 13.2 Å². The van der Waals surface area contributed by atoms with E-state index in [0.29, 0.717) is 0 Å². The molecule has 2 N–H and O–H groups in total. The number of hydrogen-bond donors (Lipinski definition) is 1. The summed E-state index contributed by atoms with van der Waals surface area (Å²) in [7, 11) is 0. The van der Waals surface area contributed by atoms with Crippen LogP contribution in [0.4, 0.5) is 11.4 Å². The number of benzene rings is 1. The van der Waals surface area contributed by atoms with Crippen LogP contribution < -0.4 is 5.73 Å². The van der Waals surface area contributed by atoms with Crippen LogP contribution in [0.15, 0.2) is 18.2 Å². The molecular weight excluding hydrogens is 256 g/mol. The first-order chi connectivity index (χ1) is 8.91. The molecule has 0 saturated heterocycles. The van der Waals surface area contributed by atoms with Gasteiger partial charge >= 0.3 is 11.9 Å². The van der Waals surface area contributed by atoms with Crippen molar-refractivity contribution < 1.29 is 24.0 Å². The lowest BCUT2D eigenvalue weighted by Gasteiger charge is -2.06. The maximum absolute atomic E-state index is 11.6. The van der Waals surface area contributed by atoms with Gasteiger partial charge in [0.25, 0.3) is 5.69 Å². The lowest BCUT2D eigenvalue weighted by Crippen LogP contribution is -2.14. The number of nitro benzene ring substituents is 1. The topological polar surface area (TPSA) is 122 Å². The Hall–Kier alpha value is -2.64. The van der Waals surface area contributed by atoms with Crippen LogP contribution in [0.25, 0.3) is 0 Å². The van der Waals surface area contributed by atoms with E-state index in [1.54, 1.807) is 0 Å². The summed E-state index contributed by atoms with van der Waals surface area (Å²) >= 11 is 0. The van der Waals surface area contributed by atoms with Crippen molar-refractivity contribution in [2.75, 3.05) is 18.9 Å². The summed E-state index contributed by atoms with van der Waals surface area (Å²) in [5.74, 6) is -1.31. The summed E-state index contributed by atoms with van der Waals surface area (Å²) in [5, 5.41) is 10.6. The average Bonchev–Trinajstić information content (AvgIpc) is 2.34. The van der Waals surface area contributed by atoms with Crippen LogP contribution in [0.3, 0.4) is 0 Å². The molecular formula is C11H12N2O6. The molecule has 0 bridgehead atoms. The summed E-state index contributed by atoms with van der Waals surface area (Å²) < 4.78 is 9.34. The van der Waals surface area contributed by atoms with Gasteiger partial charge in [-0.2, -0.15) is 0 Å². The molecule has 0 unspecified atom stereocenters. The van der Waals surface area contributed by atoms with E-state index in [-0.39, 0.29) is 30.2 Å². The third kappa shape index (κ3) is 4.26. The van der Waals surface area contributed by atoms with Gasteiger partial charge in [0.15, 0.2) is 0 Å². The molecule has 0 aromatic heterocycles. The van der Waals surface area contributed by atoms with Crippen molar-refractivity contribution in [1.82, 2.24) is 0 Å². The van der Waals surface area contributed by atoms with Gasteiger partial charge in [0, 0.05) is 24.7 Å². The van der Waals surface area contributed by atoms with Crippen LogP contribution in [0.1, 0.15) is 17.3 Å². The van der Waals surface area contributed by atoms with Gasteiger partial charge in [-0.25, -0.2) is 4.79 Å². The van der Waals surface area contributed by atoms with Gasteiger partial charge in [-0.05, 0) is 6.07 Å². The van der Waals surface area contributed by atoms with E-state index >= 15 is 0 Å². The second-order valence-electron chi connectivity index (χ2n) is 3.50. The number of anilines is 1. The second-order valence-corrected chi connectivity index (χ2v) is 3.50. The van der Waals surface area contributed by atoms with Crippen LogP contribution in [0, 0.1) is 10.1 Å². The molecule has 0 aliphatic carbocycles. The molecule has 19 heavy (non-hydrogen) atoms. The lowest BCUT2D eigenvalue weighted by atomic mass is 10.1. The van der Waals surface area contributed by atoms with Crippen molar-refractivity contribution in [3.63, 3.8) is 0 Å². The van der Waals surface area contributed by atoms with E-state index in [9.17, 15) is 19.7 Å². The first kappa shape index (κ1) is 14.4. The van der Waals surface area contributed by atoms with Crippen molar-refractivity contribution in [3.8, 4) is 0 Å². The number of carbonyl (C=O) groups excluding carboxylic acids is 2. The SMILES string of the molecule is CC(=O)OCCOC(=O)c1cc([N+](=O)[O-])ccc1N. The van der Waals surface area contributed by atoms with Crippen LogP contribution in [0.2, 0.25) is 0 Å². The average molecular weight is 268 g/mol. The molecule has 0 saturated carbocycles. The third-order valence-electron chi connectivity index (χ3n) is 2.09. The van der Waals surface area contributed by atoms with Crippen LogP contribution in [-0.2, 0) is 14.3 Å². The maximum atomic E-state index is 11.6. The Morgan fingerprint density at radius 3 is 2.53 bits per heavy atom. The van der Waals surface area contributed by atoms with Crippen molar-refractivity contribution >= 4 is 23.3 Å². The molecule has 0 atom stereocenters. The molecule has 0 aliphatic heterocycles. The number of nitro groups is 1. The predicted octanol–water partition coefficient (Wildman–Crippen LogP) is 0.897. The number of carbonyl (C=O) groups is 2. The van der Waals surface area contributed by atoms with Crippen LogP contribution in [0.5, 0.6) is 0 Å². The number of rotatable bonds is 5. The Bertz CT molecular complexity index is 514. The molecule has 0 radical (unpaired) electrons. The molecule has 0 spiro atoms. The van der Waals surface area contributed by atoms with E-state index in [1.807, 2.05) is 0 Å². The number of non-ortho nitro benzene ring substituents is 1. The van der Waals surface area contributed by atoms with Gasteiger partial charge < -0.3 is 15.2 Å². The zero-order valence-corrected chi connectivity index (χ0v) is 10.1. The lowest BCUT2D eigenvalue weighted by molar-refractivity contribution is -0.384. The largest absolute Gasteiger partial charge is 0.462 e. The van der Waals surface area contributed by atoms with Gasteiger partial charge in [0.05, 0.1) is 10.5 Å². The molecule has 0 heterocycles. The minimum atomic E-state index is -0.812. The Kier molecular flexibility index (Phi) is 4.81. The highest BCUT2D eigenvalue weighted by molar-refractivity contribution is 5.95. The minimum absolute atomic E-state index is 0.0723. The molecule has 0 fully saturated rings. The molecule has 0 aliphatic rings. The van der Waals surface area contributed by atoms with Gasteiger partial charge in [0.2, 0.25) is 0 Å². The Morgan fingerprint density at radius 1 is 1.32 bits per heavy atom. The quantitative estimate of drug-likeness (QED) is 0.276. The first-order valence-electron chi connectivity index (χ1n) is 5.26. The number of nitrogen functional groups attached to an aromatic ring is 1. The zero-order valence-electron chi connectivity index (χ0n) is 10.1. The number of esters is 2. The zero-order chi connectivity index (χ0) is 14.4. The Labute approximate surface area is 108 Å². The van der Waals surface area contributed by atoms with Crippen LogP contribution >= 0.6 is 0 Å². The highest BCUT2D eigenvalue weighted by Crippen LogP contribution is 2.20. The van der Waals surface area contributed by atoms with E-state index in [1.165, 1.54) is 19.1 Å². The van der Waals surface area contributed by atoms with Crippen molar-refractivity contribution in [3.05, 3.63) is 33.9 Å². The molecule has 102 valence electrons. The highest BCUT2D eigenvalue weighted by Gasteiger charge is 2.16. The normalized spacial score (nSPS) is 9.74. The van der Waals surface area contributed by atoms with E-state index in [2.05, 4.69) is 4.74 Å². The van der Waals surface area contributed by atoms with Crippen molar-refractivity contribution in [1.29, 1.82) is 0 Å². The number of ether oxygens (including phenoxy) is 2. The predicted molar refractivity (Wildman–Crippen MR) is 64.4 cm³/mol. The fourth-order valence-corrected chi connectivity index (χ4v) is 1.23. The molecule has 8 heteroatoms. The maximum Gasteiger partial charge on any atom is 0.340 e. The minimum Gasteiger partial charge on any atom is -0.462 e. The summed E-state index contributed by atoms with van der Waals surface area (Å²) in [4.78, 5) is 32.0. The molecule has 1 aromatic carbocycles. The molecule has 1 aromatic rings. The van der Waals surface area contributed by atoms with E-state index in [0.717, 1.165) is 6.07 Å². The highest BCUT2D eigenvalue weighted by atomic mass is 16.6. The summed E-state index contributed by atoms with van der Waals surface area (Å²) in [6.45, 7) is 0.983. The summed E-state index contributed by atoms with van der Waals surface area (Å²) in [6.07, 6.45) is 0. The monoisotopic (exact) mass is 268 g/mol. The van der Waals surface area contributed by atoms with Crippen LogP contribution in [-0.4, -0.2) is 30.1 Å². The van der Waals surface area contributed by atoms with Crippen molar-refractivity contribution in [2.24, 2.45) is 0 Å². The molecule has 0 amide bonds. The number of hydrogen-bond acceptors (Lipinski definition) is 7. The fraction of sp³-hybridized carbons (Fsp3) is 0.273. The fourth-order valence-electron chi connectivity index (χ4n) is 1.23. The first-order valence-corrected chi connectivity index (χ1v) is 5.26. The number of nitrogens with two attached hydrogens (primary N) is 1. The Morgan fingerprint density at radius 2 is 1.95 bits per heavy atom. The van der Waals surface area contributed by atoms with Gasteiger partial charge in [-0.3, -0.25) is 14.9 Å². The smallest absolute Gasteiger partial charge is 0.340 e. The standard InChI is InChI=1S/C11H12N2O6/c1-7(14)18-4-5-19-11(15)9-6-8(13(16)17)2-3-10(9)12/h2-3,6H,4-5,12H2,1H3. The van der Waals surface area contributed by atoms with Crippen molar-refractivity contribution in [2.45, 2.75) is 6.92 Å². The second kappa shape index (κ2) is 6.34.